The first kappa shape index (κ1) is 11.7. The zero-order valence-corrected chi connectivity index (χ0v) is 10.6. The number of nitrogens with one attached hydrogen (secondary N) is 2. The molecule has 2 aromatic rings. The van der Waals surface area contributed by atoms with Gasteiger partial charge in [0.15, 0.2) is 5.82 Å². The molecule has 0 aliphatic carbocycles. The lowest BCUT2D eigenvalue weighted by Gasteiger charge is -2.04. The first-order chi connectivity index (χ1) is 8.06. The standard InChI is InChI=1S/C11H10BrN3O2/c1-6-4-10(15-14-6)13-11(17)8-5-7(12)2-3-9(8)16/h2-5,16H,1H3,(H2,13,14,15,17). The van der Waals surface area contributed by atoms with Gasteiger partial charge in [-0.15, -0.1) is 0 Å². The van der Waals surface area contributed by atoms with Crippen molar-refractivity contribution in [3.05, 3.63) is 40.0 Å². The van der Waals surface area contributed by atoms with E-state index in [1.807, 2.05) is 6.92 Å². The molecule has 0 spiro atoms. The first-order valence-corrected chi connectivity index (χ1v) is 5.67. The molecule has 3 N–H and O–H groups in total. The highest BCUT2D eigenvalue weighted by molar-refractivity contribution is 9.10. The van der Waals surface area contributed by atoms with E-state index in [1.54, 1.807) is 18.2 Å². The normalized spacial score (nSPS) is 10.2. The predicted molar refractivity (Wildman–Crippen MR) is 67.1 cm³/mol. The molecule has 0 saturated heterocycles. The average molecular weight is 296 g/mol. The number of phenols is 1. The van der Waals surface area contributed by atoms with Crippen molar-refractivity contribution in [2.75, 3.05) is 5.32 Å². The maximum atomic E-state index is 11.9. The van der Waals surface area contributed by atoms with Crippen LogP contribution in [0.2, 0.25) is 0 Å². The number of halogens is 1. The highest BCUT2D eigenvalue weighted by Crippen LogP contribution is 2.22. The van der Waals surface area contributed by atoms with Gasteiger partial charge in [0.2, 0.25) is 0 Å². The minimum absolute atomic E-state index is 0.0713. The van der Waals surface area contributed by atoms with Gasteiger partial charge in [-0.05, 0) is 25.1 Å². The van der Waals surface area contributed by atoms with Crippen molar-refractivity contribution in [2.24, 2.45) is 0 Å². The monoisotopic (exact) mass is 295 g/mol. The van der Waals surface area contributed by atoms with Crippen molar-refractivity contribution in [1.29, 1.82) is 0 Å². The molecule has 0 aliphatic heterocycles. The molecule has 0 unspecified atom stereocenters. The van der Waals surface area contributed by atoms with Crippen LogP contribution >= 0.6 is 15.9 Å². The molecular formula is C11H10BrN3O2. The Kier molecular flexibility index (Phi) is 3.14. The molecule has 6 heteroatoms. The molecule has 1 aromatic heterocycles. The molecule has 0 bridgehead atoms. The van der Waals surface area contributed by atoms with Crippen molar-refractivity contribution in [1.82, 2.24) is 10.2 Å². The van der Waals surface area contributed by atoms with Gasteiger partial charge in [0.1, 0.15) is 5.75 Å². The third-order valence-corrected chi connectivity index (χ3v) is 2.64. The van der Waals surface area contributed by atoms with Gasteiger partial charge in [-0.2, -0.15) is 5.10 Å². The number of carbonyl (C=O) groups is 1. The van der Waals surface area contributed by atoms with E-state index in [-0.39, 0.29) is 11.3 Å². The third kappa shape index (κ3) is 2.65. The lowest BCUT2D eigenvalue weighted by molar-refractivity contribution is 0.102. The van der Waals surface area contributed by atoms with Crippen LogP contribution < -0.4 is 5.32 Å². The third-order valence-electron chi connectivity index (χ3n) is 2.15. The number of aromatic amines is 1. The number of anilines is 1. The number of rotatable bonds is 2. The Morgan fingerprint density at radius 3 is 2.88 bits per heavy atom. The van der Waals surface area contributed by atoms with Gasteiger partial charge >= 0.3 is 0 Å². The second-order valence-corrected chi connectivity index (χ2v) is 4.47. The van der Waals surface area contributed by atoms with E-state index in [4.69, 9.17) is 0 Å². The fraction of sp³-hybridized carbons (Fsp3) is 0.0909. The molecule has 1 heterocycles. The number of aromatic nitrogens is 2. The summed E-state index contributed by atoms with van der Waals surface area (Å²) in [6.45, 7) is 1.83. The molecule has 2 rings (SSSR count). The number of hydrogen-bond acceptors (Lipinski definition) is 3. The molecule has 0 fully saturated rings. The Morgan fingerprint density at radius 1 is 1.47 bits per heavy atom. The molecule has 5 nitrogen and oxygen atoms in total. The molecule has 0 atom stereocenters. The summed E-state index contributed by atoms with van der Waals surface area (Å²) in [5, 5.41) is 18.8. The topological polar surface area (TPSA) is 78.0 Å². The van der Waals surface area contributed by atoms with Gasteiger partial charge in [-0.25, -0.2) is 0 Å². The summed E-state index contributed by atoms with van der Waals surface area (Å²) >= 11 is 3.24. The van der Waals surface area contributed by atoms with E-state index >= 15 is 0 Å². The maximum Gasteiger partial charge on any atom is 0.260 e. The highest BCUT2D eigenvalue weighted by atomic mass is 79.9. The Bertz CT molecular complexity index is 566. The Hall–Kier alpha value is -1.82. The minimum Gasteiger partial charge on any atom is -0.507 e. The number of aryl methyl sites for hydroxylation is 1. The number of nitrogens with zero attached hydrogens (tertiary/aromatic N) is 1. The molecule has 0 saturated carbocycles. The number of aromatic hydroxyl groups is 1. The summed E-state index contributed by atoms with van der Waals surface area (Å²) in [6.07, 6.45) is 0. The van der Waals surface area contributed by atoms with Crippen molar-refractivity contribution in [3.8, 4) is 5.75 Å². The van der Waals surface area contributed by atoms with Crippen LogP contribution in [-0.2, 0) is 0 Å². The van der Waals surface area contributed by atoms with Crippen LogP contribution in [0.4, 0.5) is 5.82 Å². The van der Waals surface area contributed by atoms with Crippen LogP contribution in [0, 0.1) is 6.92 Å². The molecular weight excluding hydrogens is 286 g/mol. The quantitative estimate of drug-likeness (QED) is 0.796. The van der Waals surface area contributed by atoms with E-state index in [1.165, 1.54) is 6.07 Å². The van der Waals surface area contributed by atoms with Gasteiger partial charge in [-0.3, -0.25) is 9.89 Å². The van der Waals surface area contributed by atoms with Gasteiger partial charge in [0, 0.05) is 16.2 Å². The summed E-state index contributed by atoms with van der Waals surface area (Å²) in [6, 6.07) is 6.36. The average Bonchev–Trinajstić information content (AvgIpc) is 2.67. The van der Waals surface area contributed by atoms with Gasteiger partial charge in [0.25, 0.3) is 5.91 Å². The Balaban J connectivity index is 2.22. The molecule has 1 amide bonds. The fourth-order valence-corrected chi connectivity index (χ4v) is 1.72. The fourth-order valence-electron chi connectivity index (χ4n) is 1.36. The predicted octanol–water partition coefficient (Wildman–Crippen LogP) is 2.44. The summed E-state index contributed by atoms with van der Waals surface area (Å²) in [5.41, 5.74) is 1.04. The number of benzene rings is 1. The summed E-state index contributed by atoms with van der Waals surface area (Å²) in [7, 11) is 0. The highest BCUT2D eigenvalue weighted by Gasteiger charge is 2.12. The molecule has 0 radical (unpaired) electrons. The molecule has 1 aromatic carbocycles. The number of amides is 1. The SMILES string of the molecule is Cc1cc(NC(=O)c2cc(Br)ccc2O)n[nH]1. The zero-order chi connectivity index (χ0) is 12.4. The number of carbonyl (C=O) groups excluding carboxylic acids is 1. The zero-order valence-electron chi connectivity index (χ0n) is 8.99. The largest absolute Gasteiger partial charge is 0.507 e. The lowest BCUT2D eigenvalue weighted by Crippen LogP contribution is -2.12. The van der Waals surface area contributed by atoms with Gasteiger partial charge in [-0.1, -0.05) is 15.9 Å². The molecule has 88 valence electrons. The minimum atomic E-state index is -0.407. The number of hydrogen-bond donors (Lipinski definition) is 3. The van der Waals surface area contributed by atoms with Crippen LogP contribution in [0.25, 0.3) is 0 Å². The summed E-state index contributed by atoms with van der Waals surface area (Å²) in [4.78, 5) is 11.9. The van der Waals surface area contributed by atoms with Gasteiger partial charge < -0.3 is 10.4 Å². The number of H-pyrrole nitrogens is 1. The second-order valence-electron chi connectivity index (χ2n) is 3.55. The Labute approximate surface area is 106 Å². The molecule has 17 heavy (non-hydrogen) atoms. The van der Waals surface area contributed by atoms with Crippen LogP contribution in [-0.4, -0.2) is 21.2 Å². The van der Waals surface area contributed by atoms with Crippen molar-refractivity contribution in [2.45, 2.75) is 6.92 Å². The molecule has 0 aliphatic rings. The smallest absolute Gasteiger partial charge is 0.260 e. The Morgan fingerprint density at radius 2 is 2.24 bits per heavy atom. The lowest BCUT2D eigenvalue weighted by atomic mass is 10.2. The summed E-state index contributed by atoms with van der Waals surface area (Å²) in [5.74, 6) is -0.0554. The van der Waals surface area contributed by atoms with Crippen LogP contribution in [0.15, 0.2) is 28.7 Å². The van der Waals surface area contributed by atoms with Crippen LogP contribution in [0.3, 0.4) is 0 Å². The van der Waals surface area contributed by atoms with E-state index in [0.717, 1.165) is 10.2 Å². The van der Waals surface area contributed by atoms with Crippen molar-refractivity contribution in [3.63, 3.8) is 0 Å². The van der Waals surface area contributed by atoms with E-state index in [0.29, 0.717) is 5.82 Å². The van der Waals surface area contributed by atoms with Crippen molar-refractivity contribution >= 4 is 27.7 Å². The van der Waals surface area contributed by atoms with E-state index in [2.05, 4.69) is 31.4 Å². The summed E-state index contributed by atoms with van der Waals surface area (Å²) < 4.78 is 0.721. The number of phenolic OH excluding ortho intramolecular Hbond substituents is 1. The maximum absolute atomic E-state index is 11.9. The first-order valence-electron chi connectivity index (χ1n) is 4.88. The van der Waals surface area contributed by atoms with Crippen LogP contribution in [0.1, 0.15) is 16.1 Å². The van der Waals surface area contributed by atoms with Gasteiger partial charge in [0.05, 0.1) is 5.56 Å². The van der Waals surface area contributed by atoms with E-state index in [9.17, 15) is 9.90 Å². The van der Waals surface area contributed by atoms with E-state index < -0.39 is 5.91 Å². The second kappa shape index (κ2) is 4.58. The van der Waals surface area contributed by atoms with Crippen LogP contribution in [0.5, 0.6) is 5.75 Å². The van der Waals surface area contributed by atoms with Crippen molar-refractivity contribution < 1.29 is 9.90 Å².